The van der Waals surface area contributed by atoms with Crippen LogP contribution in [0.3, 0.4) is 0 Å². The molecule has 1 fully saturated rings. The Morgan fingerprint density at radius 3 is 3.09 bits per heavy atom. The second-order valence-electron chi connectivity index (χ2n) is 5.25. The normalized spacial score (nSPS) is 17.0. The van der Waals surface area contributed by atoms with Gasteiger partial charge in [-0.3, -0.25) is 4.79 Å². The number of rotatable bonds is 5. The van der Waals surface area contributed by atoms with Crippen molar-refractivity contribution in [3.63, 3.8) is 0 Å². The van der Waals surface area contributed by atoms with E-state index in [0.717, 1.165) is 19.4 Å². The topological polar surface area (TPSA) is 76.1 Å². The first-order valence-electron chi connectivity index (χ1n) is 7.46. The Kier molecular flexibility index (Phi) is 4.77. The first-order valence-corrected chi connectivity index (χ1v) is 7.46. The van der Waals surface area contributed by atoms with Crippen LogP contribution in [-0.2, 0) is 4.74 Å². The molecule has 1 aromatic heterocycles. The molecule has 2 aromatic rings. The van der Waals surface area contributed by atoms with Gasteiger partial charge in [0.15, 0.2) is 0 Å². The summed E-state index contributed by atoms with van der Waals surface area (Å²) in [5, 5.41) is 5.67. The summed E-state index contributed by atoms with van der Waals surface area (Å²) in [7, 11) is 0. The molecule has 0 spiro atoms. The van der Waals surface area contributed by atoms with E-state index in [1.807, 2.05) is 0 Å². The standard InChI is InChI=1S/C16H17FN4O2/c17-11-3-1-4-12(9-11)20-15(22)14-6-7-18-16(21-14)19-10-13-5-2-8-23-13/h1,3-4,6-7,9,13H,2,5,8,10H2,(H,20,22)(H,18,19,21). The minimum Gasteiger partial charge on any atom is -0.376 e. The first kappa shape index (κ1) is 15.4. The molecule has 1 atom stereocenters. The number of halogens is 1. The lowest BCUT2D eigenvalue weighted by Crippen LogP contribution is -2.21. The number of hydrogen-bond donors (Lipinski definition) is 2. The minimum atomic E-state index is -0.418. The highest BCUT2D eigenvalue weighted by Crippen LogP contribution is 2.13. The quantitative estimate of drug-likeness (QED) is 0.886. The molecule has 0 radical (unpaired) electrons. The van der Waals surface area contributed by atoms with Gasteiger partial charge in [-0.1, -0.05) is 6.07 Å². The van der Waals surface area contributed by atoms with Gasteiger partial charge in [0.25, 0.3) is 5.91 Å². The van der Waals surface area contributed by atoms with E-state index in [1.54, 1.807) is 6.07 Å². The molecule has 0 aliphatic carbocycles. The smallest absolute Gasteiger partial charge is 0.274 e. The predicted molar refractivity (Wildman–Crippen MR) is 83.8 cm³/mol. The number of carbonyl (C=O) groups is 1. The molecule has 120 valence electrons. The summed E-state index contributed by atoms with van der Waals surface area (Å²) in [6, 6.07) is 7.20. The van der Waals surface area contributed by atoms with Crippen molar-refractivity contribution in [1.82, 2.24) is 9.97 Å². The van der Waals surface area contributed by atoms with E-state index < -0.39 is 11.7 Å². The Morgan fingerprint density at radius 1 is 1.39 bits per heavy atom. The number of carbonyl (C=O) groups excluding carboxylic acids is 1. The third-order valence-corrected chi connectivity index (χ3v) is 3.48. The Bertz CT molecular complexity index is 689. The predicted octanol–water partition coefficient (Wildman–Crippen LogP) is 2.46. The van der Waals surface area contributed by atoms with E-state index in [1.165, 1.54) is 30.5 Å². The summed E-state index contributed by atoms with van der Waals surface area (Å²) in [6.07, 6.45) is 3.73. The molecule has 1 aliphatic heterocycles. The molecule has 1 aromatic carbocycles. The van der Waals surface area contributed by atoms with E-state index in [2.05, 4.69) is 20.6 Å². The summed E-state index contributed by atoms with van der Waals surface area (Å²) in [5.74, 6) is -0.463. The fraction of sp³-hybridized carbons (Fsp3) is 0.312. The lowest BCUT2D eigenvalue weighted by Gasteiger charge is -2.11. The van der Waals surface area contributed by atoms with Crippen molar-refractivity contribution in [3.05, 3.63) is 48.0 Å². The Labute approximate surface area is 133 Å². The van der Waals surface area contributed by atoms with Crippen LogP contribution in [0.2, 0.25) is 0 Å². The van der Waals surface area contributed by atoms with Crippen molar-refractivity contribution >= 4 is 17.5 Å². The Balaban J connectivity index is 1.62. The molecular formula is C16H17FN4O2. The number of nitrogens with one attached hydrogen (secondary N) is 2. The zero-order valence-corrected chi connectivity index (χ0v) is 12.5. The minimum absolute atomic E-state index is 0.156. The molecular weight excluding hydrogens is 299 g/mol. The van der Waals surface area contributed by atoms with E-state index in [4.69, 9.17) is 4.74 Å². The maximum Gasteiger partial charge on any atom is 0.274 e. The monoisotopic (exact) mass is 316 g/mol. The molecule has 1 aliphatic rings. The van der Waals surface area contributed by atoms with Crippen molar-refractivity contribution in [2.45, 2.75) is 18.9 Å². The number of aromatic nitrogens is 2. The molecule has 2 heterocycles. The lowest BCUT2D eigenvalue weighted by atomic mass is 10.2. The average molecular weight is 316 g/mol. The van der Waals surface area contributed by atoms with Gasteiger partial charge in [0.05, 0.1) is 6.10 Å². The summed E-state index contributed by atoms with van der Waals surface area (Å²) in [5.41, 5.74) is 0.585. The van der Waals surface area contributed by atoms with Gasteiger partial charge in [0, 0.05) is 25.0 Å². The maximum atomic E-state index is 13.1. The van der Waals surface area contributed by atoms with Gasteiger partial charge in [0.1, 0.15) is 11.5 Å². The number of anilines is 2. The van der Waals surface area contributed by atoms with Crippen molar-refractivity contribution in [3.8, 4) is 0 Å². The van der Waals surface area contributed by atoms with Gasteiger partial charge in [-0.15, -0.1) is 0 Å². The maximum absolute atomic E-state index is 13.1. The van der Waals surface area contributed by atoms with Gasteiger partial charge in [-0.25, -0.2) is 14.4 Å². The van der Waals surface area contributed by atoms with Crippen molar-refractivity contribution in [2.75, 3.05) is 23.8 Å². The van der Waals surface area contributed by atoms with E-state index in [-0.39, 0.29) is 11.8 Å². The summed E-state index contributed by atoms with van der Waals surface area (Å²) in [4.78, 5) is 20.4. The van der Waals surface area contributed by atoms with E-state index >= 15 is 0 Å². The summed E-state index contributed by atoms with van der Waals surface area (Å²) in [6.45, 7) is 1.39. The number of amides is 1. The highest BCUT2D eigenvalue weighted by Gasteiger charge is 2.16. The first-order chi connectivity index (χ1) is 11.2. The summed E-state index contributed by atoms with van der Waals surface area (Å²) >= 11 is 0. The number of nitrogens with zero attached hydrogens (tertiary/aromatic N) is 2. The molecule has 1 amide bonds. The zero-order valence-electron chi connectivity index (χ0n) is 12.5. The average Bonchev–Trinajstić information content (AvgIpc) is 3.07. The molecule has 2 N–H and O–H groups in total. The third-order valence-electron chi connectivity index (χ3n) is 3.48. The van der Waals surface area contributed by atoms with Crippen molar-refractivity contribution in [2.24, 2.45) is 0 Å². The molecule has 1 unspecified atom stereocenters. The van der Waals surface area contributed by atoms with Gasteiger partial charge >= 0.3 is 0 Å². The molecule has 3 rings (SSSR count). The van der Waals surface area contributed by atoms with Crippen molar-refractivity contribution in [1.29, 1.82) is 0 Å². The zero-order chi connectivity index (χ0) is 16.1. The highest BCUT2D eigenvalue weighted by molar-refractivity contribution is 6.02. The van der Waals surface area contributed by atoms with E-state index in [9.17, 15) is 9.18 Å². The largest absolute Gasteiger partial charge is 0.376 e. The SMILES string of the molecule is O=C(Nc1cccc(F)c1)c1ccnc(NCC2CCCO2)n1. The van der Waals surface area contributed by atoms with Crippen LogP contribution in [0.25, 0.3) is 0 Å². The van der Waals surface area contributed by atoms with Crippen LogP contribution in [0.15, 0.2) is 36.5 Å². The fourth-order valence-electron chi connectivity index (χ4n) is 2.34. The van der Waals surface area contributed by atoms with Gasteiger partial charge in [-0.05, 0) is 37.1 Å². The number of benzene rings is 1. The van der Waals surface area contributed by atoms with Gasteiger partial charge in [0.2, 0.25) is 5.95 Å². The fourth-order valence-corrected chi connectivity index (χ4v) is 2.34. The molecule has 6 nitrogen and oxygen atoms in total. The number of ether oxygens (including phenoxy) is 1. The van der Waals surface area contributed by atoms with Crippen LogP contribution in [0, 0.1) is 5.82 Å². The molecule has 1 saturated heterocycles. The Morgan fingerprint density at radius 2 is 2.30 bits per heavy atom. The summed E-state index contributed by atoms with van der Waals surface area (Å²) < 4.78 is 18.6. The van der Waals surface area contributed by atoms with Crippen LogP contribution in [0.4, 0.5) is 16.0 Å². The number of hydrogen-bond acceptors (Lipinski definition) is 5. The Hall–Kier alpha value is -2.54. The molecule has 0 bridgehead atoms. The van der Waals surface area contributed by atoms with Crippen molar-refractivity contribution < 1.29 is 13.9 Å². The second kappa shape index (κ2) is 7.15. The molecule has 0 saturated carbocycles. The van der Waals surface area contributed by atoms with E-state index in [0.29, 0.717) is 18.2 Å². The van der Waals surface area contributed by atoms with Gasteiger partial charge < -0.3 is 15.4 Å². The van der Waals surface area contributed by atoms with Crippen LogP contribution < -0.4 is 10.6 Å². The molecule has 23 heavy (non-hydrogen) atoms. The van der Waals surface area contributed by atoms with Gasteiger partial charge in [-0.2, -0.15) is 0 Å². The lowest BCUT2D eigenvalue weighted by molar-refractivity contribution is 0.102. The van der Waals surface area contributed by atoms with Crippen LogP contribution in [0.1, 0.15) is 23.3 Å². The third kappa shape index (κ3) is 4.23. The molecule has 7 heteroatoms. The van der Waals surface area contributed by atoms with Crippen LogP contribution >= 0.6 is 0 Å². The highest BCUT2D eigenvalue weighted by atomic mass is 19.1. The van der Waals surface area contributed by atoms with Crippen LogP contribution in [0.5, 0.6) is 0 Å². The second-order valence-corrected chi connectivity index (χ2v) is 5.25. The van der Waals surface area contributed by atoms with Crippen LogP contribution in [-0.4, -0.2) is 35.1 Å².